The Bertz CT molecular complexity index is 505. The van der Waals surface area contributed by atoms with E-state index < -0.39 is 0 Å². The Balaban J connectivity index is 2.55. The molecule has 0 aliphatic rings. The maximum Gasteiger partial charge on any atom is 0.224 e. The van der Waals surface area contributed by atoms with E-state index in [1.54, 1.807) is 18.2 Å². The topological polar surface area (TPSA) is 78.9 Å². The summed E-state index contributed by atoms with van der Waals surface area (Å²) in [5.74, 6) is 0.414. The molecular weight excluding hydrogens is 286 g/mol. The number of rotatable bonds is 8. The van der Waals surface area contributed by atoms with Crippen molar-refractivity contribution in [2.75, 3.05) is 11.9 Å². The Hall–Kier alpha value is -1.57. The van der Waals surface area contributed by atoms with Crippen molar-refractivity contribution in [1.29, 1.82) is 5.26 Å². The molecule has 1 amide bonds. The minimum atomic E-state index is -0.0786. The molecule has 0 bridgehead atoms. The van der Waals surface area contributed by atoms with Crippen LogP contribution in [0.5, 0.6) is 0 Å². The summed E-state index contributed by atoms with van der Waals surface area (Å²) >= 11 is 6.02. The van der Waals surface area contributed by atoms with E-state index in [1.807, 2.05) is 6.07 Å². The van der Waals surface area contributed by atoms with Gasteiger partial charge in [0.15, 0.2) is 0 Å². The first-order chi connectivity index (χ1) is 10.1. The third kappa shape index (κ3) is 6.16. The van der Waals surface area contributed by atoms with Gasteiger partial charge in [0.25, 0.3) is 0 Å². The van der Waals surface area contributed by atoms with Crippen LogP contribution in [0.25, 0.3) is 0 Å². The summed E-state index contributed by atoms with van der Waals surface area (Å²) in [6.45, 7) is 2.79. The van der Waals surface area contributed by atoms with E-state index in [4.69, 9.17) is 22.6 Å². The average molecular weight is 308 g/mol. The molecule has 0 heterocycles. The molecule has 1 unspecified atom stereocenters. The van der Waals surface area contributed by atoms with Gasteiger partial charge in [-0.1, -0.05) is 31.4 Å². The quantitative estimate of drug-likeness (QED) is 0.768. The van der Waals surface area contributed by atoms with Crippen LogP contribution in [0.3, 0.4) is 0 Å². The van der Waals surface area contributed by atoms with Gasteiger partial charge in [-0.15, -0.1) is 0 Å². The molecule has 1 atom stereocenters. The second-order valence-electron chi connectivity index (χ2n) is 5.13. The van der Waals surface area contributed by atoms with E-state index in [2.05, 4.69) is 12.2 Å². The summed E-state index contributed by atoms with van der Waals surface area (Å²) in [4.78, 5) is 12.0. The number of hydrogen-bond donors (Lipinski definition) is 2. The molecule has 3 N–H and O–H groups in total. The van der Waals surface area contributed by atoms with Crippen molar-refractivity contribution in [3.63, 3.8) is 0 Å². The third-order valence-electron chi connectivity index (χ3n) is 3.42. The van der Waals surface area contributed by atoms with Crippen LogP contribution < -0.4 is 11.1 Å². The number of halogens is 1. The van der Waals surface area contributed by atoms with Crippen molar-refractivity contribution in [1.82, 2.24) is 0 Å². The van der Waals surface area contributed by atoms with Gasteiger partial charge < -0.3 is 11.1 Å². The molecule has 0 aliphatic carbocycles. The van der Waals surface area contributed by atoms with E-state index in [1.165, 1.54) is 0 Å². The van der Waals surface area contributed by atoms with Gasteiger partial charge >= 0.3 is 0 Å². The molecule has 1 aromatic rings. The van der Waals surface area contributed by atoms with Crippen LogP contribution in [0.4, 0.5) is 5.69 Å². The summed E-state index contributed by atoms with van der Waals surface area (Å²) in [5.41, 5.74) is 6.56. The lowest BCUT2D eigenvalue weighted by molar-refractivity contribution is -0.116. The van der Waals surface area contributed by atoms with Crippen LogP contribution in [0, 0.1) is 17.2 Å². The Morgan fingerprint density at radius 3 is 2.81 bits per heavy atom. The van der Waals surface area contributed by atoms with Crippen molar-refractivity contribution in [3.8, 4) is 6.07 Å². The Morgan fingerprint density at radius 1 is 1.43 bits per heavy atom. The van der Waals surface area contributed by atoms with E-state index >= 15 is 0 Å². The second kappa shape index (κ2) is 9.38. The first-order valence-electron chi connectivity index (χ1n) is 7.30. The molecule has 114 valence electrons. The molecule has 4 nitrogen and oxygen atoms in total. The molecule has 0 saturated heterocycles. The molecular formula is C16H22ClN3O. The van der Waals surface area contributed by atoms with Gasteiger partial charge in [0.05, 0.1) is 22.3 Å². The van der Waals surface area contributed by atoms with Gasteiger partial charge in [0.1, 0.15) is 0 Å². The van der Waals surface area contributed by atoms with E-state index in [0.717, 1.165) is 25.7 Å². The highest BCUT2D eigenvalue weighted by Gasteiger charge is 2.11. The van der Waals surface area contributed by atoms with Gasteiger partial charge in [-0.2, -0.15) is 5.26 Å². The van der Waals surface area contributed by atoms with Crippen molar-refractivity contribution >= 4 is 23.2 Å². The molecule has 21 heavy (non-hydrogen) atoms. The van der Waals surface area contributed by atoms with Crippen LogP contribution >= 0.6 is 11.6 Å². The number of carbonyl (C=O) groups excluding carboxylic acids is 1. The summed E-state index contributed by atoms with van der Waals surface area (Å²) in [5, 5.41) is 12.1. The molecule has 1 aromatic carbocycles. The molecule has 0 aliphatic heterocycles. The van der Waals surface area contributed by atoms with E-state index in [9.17, 15) is 4.79 Å². The van der Waals surface area contributed by atoms with Crippen molar-refractivity contribution < 1.29 is 4.79 Å². The van der Waals surface area contributed by atoms with Gasteiger partial charge in [-0.05, 0) is 43.5 Å². The normalized spacial score (nSPS) is 11.7. The predicted octanol–water partition coefficient (Wildman–Crippen LogP) is 3.70. The molecule has 1 rings (SSSR count). The van der Waals surface area contributed by atoms with Crippen LogP contribution in [0.2, 0.25) is 5.02 Å². The zero-order chi connectivity index (χ0) is 15.7. The highest BCUT2D eigenvalue weighted by molar-refractivity contribution is 6.33. The van der Waals surface area contributed by atoms with Gasteiger partial charge in [0.2, 0.25) is 5.91 Å². The summed E-state index contributed by atoms with van der Waals surface area (Å²) in [6.07, 6.45) is 4.41. The van der Waals surface area contributed by atoms with Gasteiger partial charge in [-0.3, -0.25) is 4.79 Å². The monoisotopic (exact) mass is 307 g/mol. The fraction of sp³-hybridized carbons (Fsp3) is 0.500. The highest BCUT2D eigenvalue weighted by Crippen LogP contribution is 2.24. The number of nitrogens with zero attached hydrogens (tertiary/aromatic N) is 1. The van der Waals surface area contributed by atoms with Crippen molar-refractivity contribution in [2.24, 2.45) is 11.7 Å². The fourth-order valence-corrected chi connectivity index (χ4v) is 2.48. The highest BCUT2D eigenvalue weighted by atomic mass is 35.5. The zero-order valence-electron chi connectivity index (χ0n) is 12.4. The smallest absolute Gasteiger partial charge is 0.224 e. The lowest BCUT2D eigenvalue weighted by Gasteiger charge is -2.15. The minimum Gasteiger partial charge on any atom is -0.330 e. The molecule has 0 spiro atoms. The second-order valence-corrected chi connectivity index (χ2v) is 5.53. The summed E-state index contributed by atoms with van der Waals surface area (Å²) in [6, 6.07) is 6.85. The van der Waals surface area contributed by atoms with E-state index in [0.29, 0.717) is 35.2 Å². The Kier molecular flexibility index (Phi) is 7.81. The lowest BCUT2D eigenvalue weighted by Crippen LogP contribution is -2.15. The molecule has 0 aromatic heterocycles. The van der Waals surface area contributed by atoms with Gasteiger partial charge in [0, 0.05) is 6.42 Å². The number of carbonyl (C=O) groups is 1. The number of anilines is 1. The first-order valence-corrected chi connectivity index (χ1v) is 7.68. The first kappa shape index (κ1) is 17.5. The zero-order valence-corrected chi connectivity index (χ0v) is 13.1. The van der Waals surface area contributed by atoms with Crippen LogP contribution in [-0.4, -0.2) is 12.5 Å². The molecule has 0 saturated carbocycles. The predicted molar refractivity (Wildman–Crippen MR) is 86.1 cm³/mol. The Labute approximate surface area is 131 Å². The van der Waals surface area contributed by atoms with Crippen LogP contribution in [-0.2, 0) is 4.79 Å². The van der Waals surface area contributed by atoms with Crippen LogP contribution in [0.1, 0.15) is 44.6 Å². The minimum absolute atomic E-state index is 0.0786. The maximum atomic E-state index is 12.0. The fourth-order valence-electron chi connectivity index (χ4n) is 2.32. The molecule has 0 fully saturated rings. The number of nitriles is 1. The average Bonchev–Trinajstić information content (AvgIpc) is 2.47. The largest absolute Gasteiger partial charge is 0.330 e. The third-order valence-corrected chi connectivity index (χ3v) is 3.75. The van der Waals surface area contributed by atoms with Crippen molar-refractivity contribution in [2.45, 2.75) is 39.0 Å². The van der Waals surface area contributed by atoms with Crippen molar-refractivity contribution in [3.05, 3.63) is 28.8 Å². The van der Waals surface area contributed by atoms with E-state index in [-0.39, 0.29) is 5.91 Å². The molecule has 0 radical (unpaired) electrons. The number of nitrogens with two attached hydrogens (primary N) is 1. The number of nitrogens with one attached hydrogen (secondary N) is 1. The summed E-state index contributed by atoms with van der Waals surface area (Å²) in [7, 11) is 0. The maximum absolute atomic E-state index is 12.0. The SMILES string of the molecule is CCCC(CCN)CCC(=O)Nc1cc(C#N)ccc1Cl. The lowest BCUT2D eigenvalue weighted by atomic mass is 9.94. The number of benzene rings is 1. The Morgan fingerprint density at radius 2 is 2.19 bits per heavy atom. The number of hydrogen-bond acceptors (Lipinski definition) is 3. The van der Waals surface area contributed by atoms with Gasteiger partial charge in [-0.25, -0.2) is 0 Å². The molecule has 5 heteroatoms. The standard InChI is InChI=1S/C16H22ClN3O/c1-2-3-12(8-9-18)5-7-16(21)20-15-10-13(11-19)4-6-14(15)17/h4,6,10,12H,2-3,5,7-9,18H2,1H3,(H,20,21). The summed E-state index contributed by atoms with van der Waals surface area (Å²) < 4.78 is 0. The number of amides is 1. The van der Waals surface area contributed by atoms with Crippen LogP contribution in [0.15, 0.2) is 18.2 Å².